The molecular weight excluding hydrogens is 238 g/mol. The quantitative estimate of drug-likeness (QED) is 0.638. The van der Waals surface area contributed by atoms with Gasteiger partial charge in [-0.15, -0.1) is 11.3 Å². The number of carbonyl (C=O) groups excluding carboxylic acids is 2. The lowest BCUT2D eigenvalue weighted by Crippen LogP contribution is -2.34. The van der Waals surface area contributed by atoms with Crippen LogP contribution in [0.4, 0.5) is 0 Å². The fourth-order valence-corrected chi connectivity index (χ4v) is 2.94. The Morgan fingerprint density at radius 3 is 2.94 bits per heavy atom. The van der Waals surface area contributed by atoms with Crippen LogP contribution in [-0.4, -0.2) is 18.9 Å². The molecule has 0 aliphatic heterocycles. The average Bonchev–Trinajstić information content (AvgIpc) is 2.80. The molecule has 2 N–H and O–H groups in total. The molecule has 0 bridgehead atoms. The largest absolute Gasteiger partial charge is 0.468 e. The second kappa shape index (κ2) is 4.71. The summed E-state index contributed by atoms with van der Waals surface area (Å²) in [6.45, 7) is 0. The average molecular weight is 251 g/mol. The topological polar surface area (TPSA) is 69.4 Å². The zero-order valence-electron chi connectivity index (χ0n) is 9.38. The Kier molecular flexibility index (Phi) is 3.28. The number of thiophene rings is 1. The number of hydrogen-bond acceptors (Lipinski definition) is 5. The highest BCUT2D eigenvalue weighted by Crippen LogP contribution is 2.37. The van der Waals surface area contributed by atoms with Crippen molar-refractivity contribution in [3.8, 4) is 0 Å². The number of esters is 1. The second-order valence-corrected chi connectivity index (χ2v) is 4.93. The predicted octanol–water partition coefficient (Wildman–Crippen LogP) is 1.44. The predicted molar refractivity (Wildman–Crippen MR) is 64.5 cm³/mol. The Morgan fingerprint density at radius 2 is 2.35 bits per heavy atom. The van der Waals surface area contributed by atoms with Crippen molar-refractivity contribution in [2.24, 2.45) is 11.7 Å². The van der Waals surface area contributed by atoms with Crippen LogP contribution in [0, 0.1) is 5.92 Å². The summed E-state index contributed by atoms with van der Waals surface area (Å²) >= 11 is 1.52. The third-order valence-electron chi connectivity index (χ3n) is 2.86. The van der Waals surface area contributed by atoms with Crippen LogP contribution in [0.1, 0.15) is 17.2 Å². The molecule has 0 fully saturated rings. The fourth-order valence-electron chi connectivity index (χ4n) is 2.08. The van der Waals surface area contributed by atoms with Gasteiger partial charge in [-0.25, -0.2) is 0 Å². The summed E-state index contributed by atoms with van der Waals surface area (Å²) in [4.78, 5) is 24.5. The molecular formula is C12H13NO3S. The van der Waals surface area contributed by atoms with Gasteiger partial charge in [0.05, 0.1) is 7.11 Å². The van der Waals surface area contributed by atoms with E-state index in [0.717, 1.165) is 4.88 Å². The molecule has 1 aliphatic carbocycles. The highest BCUT2D eigenvalue weighted by Gasteiger charge is 2.39. The van der Waals surface area contributed by atoms with Gasteiger partial charge in [0.25, 0.3) is 0 Å². The van der Waals surface area contributed by atoms with Crippen LogP contribution >= 0.6 is 11.3 Å². The van der Waals surface area contributed by atoms with E-state index >= 15 is 0 Å². The molecule has 1 aromatic rings. The second-order valence-electron chi connectivity index (χ2n) is 3.95. The van der Waals surface area contributed by atoms with Gasteiger partial charge in [-0.1, -0.05) is 6.07 Å². The first-order valence-corrected chi connectivity index (χ1v) is 6.12. The number of ketones is 1. The molecule has 0 spiro atoms. The first-order chi connectivity index (χ1) is 8.13. The van der Waals surface area contributed by atoms with E-state index in [0.29, 0.717) is 12.1 Å². The standard InChI is InChI=1S/C12H13NO3S/c1-16-12(15)11-8(10-3-2-4-17-10)5-7(13)6-9(11)14/h2-4,6,8,11H,5,13H2,1H3. The Morgan fingerprint density at radius 1 is 1.59 bits per heavy atom. The van der Waals surface area contributed by atoms with Crippen molar-refractivity contribution in [1.82, 2.24) is 0 Å². The normalized spacial score (nSPS) is 24.3. The molecule has 0 saturated heterocycles. The smallest absolute Gasteiger partial charge is 0.317 e. The van der Waals surface area contributed by atoms with E-state index in [1.807, 2.05) is 17.5 Å². The van der Waals surface area contributed by atoms with Crippen molar-refractivity contribution in [3.63, 3.8) is 0 Å². The molecule has 1 aliphatic rings. The van der Waals surface area contributed by atoms with E-state index in [1.54, 1.807) is 0 Å². The van der Waals surface area contributed by atoms with Crippen LogP contribution in [0.25, 0.3) is 0 Å². The lowest BCUT2D eigenvalue weighted by Gasteiger charge is -2.26. The number of carbonyl (C=O) groups is 2. The van der Waals surface area contributed by atoms with Gasteiger partial charge >= 0.3 is 5.97 Å². The maximum absolute atomic E-state index is 11.9. The summed E-state index contributed by atoms with van der Waals surface area (Å²) in [6, 6.07) is 3.81. The van der Waals surface area contributed by atoms with Crippen molar-refractivity contribution < 1.29 is 14.3 Å². The minimum absolute atomic E-state index is 0.194. The van der Waals surface area contributed by atoms with Gasteiger partial charge in [-0.2, -0.15) is 0 Å². The van der Waals surface area contributed by atoms with E-state index in [9.17, 15) is 9.59 Å². The zero-order chi connectivity index (χ0) is 12.4. The van der Waals surface area contributed by atoms with Gasteiger partial charge in [0.2, 0.25) is 0 Å². The van der Waals surface area contributed by atoms with Crippen molar-refractivity contribution >= 4 is 23.1 Å². The lowest BCUT2D eigenvalue weighted by molar-refractivity contribution is -0.149. The third-order valence-corrected chi connectivity index (χ3v) is 3.86. The van der Waals surface area contributed by atoms with Crippen molar-refractivity contribution in [2.75, 3.05) is 7.11 Å². The molecule has 5 heteroatoms. The van der Waals surface area contributed by atoms with Gasteiger partial charge < -0.3 is 10.5 Å². The van der Waals surface area contributed by atoms with E-state index in [4.69, 9.17) is 10.5 Å². The molecule has 17 heavy (non-hydrogen) atoms. The first kappa shape index (κ1) is 11.9. The van der Waals surface area contributed by atoms with Crippen LogP contribution in [-0.2, 0) is 14.3 Å². The molecule has 1 aromatic heterocycles. The molecule has 4 nitrogen and oxygen atoms in total. The highest BCUT2D eigenvalue weighted by atomic mass is 32.1. The maximum atomic E-state index is 11.9. The summed E-state index contributed by atoms with van der Waals surface area (Å²) in [6.07, 6.45) is 1.86. The minimum atomic E-state index is -0.758. The fraction of sp³-hybridized carbons (Fsp3) is 0.333. The van der Waals surface area contributed by atoms with Gasteiger partial charge in [-0.3, -0.25) is 9.59 Å². The molecule has 2 atom stereocenters. The van der Waals surface area contributed by atoms with Gasteiger partial charge in [0.1, 0.15) is 5.92 Å². The number of methoxy groups -OCH3 is 1. The van der Waals surface area contributed by atoms with Crippen molar-refractivity contribution in [1.29, 1.82) is 0 Å². The molecule has 1 heterocycles. The van der Waals surface area contributed by atoms with Gasteiger partial charge in [-0.05, 0) is 17.9 Å². The van der Waals surface area contributed by atoms with Crippen LogP contribution in [0.15, 0.2) is 29.3 Å². The highest BCUT2D eigenvalue weighted by molar-refractivity contribution is 7.10. The summed E-state index contributed by atoms with van der Waals surface area (Å²) in [5.74, 6) is -1.71. The molecule has 0 aromatic carbocycles. The SMILES string of the molecule is COC(=O)C1C(=O)C=C(N)CC1c1cccs1. The Balaban J connectivity index is 2.37. The maximum Gasteiger partial charge on any atom is 0.317 e. The monoisotopic (exact) mass is 251 g/mol. The van der Waals surface area contributed by atoms with E-state index in [2.05, 4.69) is 0 Å². The summed E-state index contributed by atoms with van der Waals surface area (Å²) < 4.78 is 4.70. The molecule has 0 radical (unpaired) electrons. The van der Waals surface area contributed by atoms with Gasteiger partial charge in [0, 0.05) is 22.6 Å². The number of hydrogen-bond donors (Lipinski definition) is 1. The molecule has 0 amide bonds. The first-order valence-electron chi connectivity index (χ1n) is 5.24. The Hall–Kier alpha value is -1.62. The van der Waals surface area contributed by atoms with E-state index in [-0.39, 0.29) is 11.7 Å². The lowest BCUT2D eigenvalue weighted by atomic mass is 9.80. The van der Waals surface area contributed by atoms with Crippen LogP contribution in [0.5, 0.6) is 0 Å². The van der Waals surface area contributed by atoms with E-state index in [1.165, 1.54) is 24.5 Å². The summed E-state index contributed by atoms with van der Waals surface area (Å²) in [7, 11) is 1.29. The van der Waals surface area contributed by atoms with Crippen molar-refractivity contribution in [3.05, 3.63) is 34.2 Å². The van der Waals surface area contributed by atoms with Crippen molar-refractivity contribution in [2.45, 2.75) is 12.3 Å². The summed E-state index contributed by atoms with van der Waals surface area (Å²) in [5.41, 5.74) is 6.24. The van der Waals surface area contributed by atoms with E-state index < -0.39 is 11.9 Å². The molecule has 2 unspecified atom stereocenters. The van der Waals surface area contributed by atoms with Gasteiger partial charge in [0.15, 0.2) is 5.78 Å². The number of nitrogens with two attached hydrogens (primary N) is 1. The molecule has 90 valence electrons. The van der Waals surface area contributed by atoms with Crippen LogP contribution in [0.2, 0.25) is 0 Å². The number of rotatable bonds is 2. The Labute approximate surface area is 103 Å². The Bertz CT molecular complexity index is 464. The number of ether oxygens (including phenoxy) is 1. The molecule has 2 rings (SSSR count). The third kappa shape index (κ3) is 2.24. The molecule has 0 saturated carbocycles. The van der Waals surface area contributed by atoms with Crippen LogP contribution in [0.3, 0.4) is 0 Å². The van der Waals surface area contributed by atoms with Crippen LogP contribution < -0.4 is 5.73 Å². The number of allylic oxidation sites excluding steroid dienone is 2. The zero-order valence-corrected chi connectivity index (χ0v) is 10.2. The minimum Gasteiger partial charge on any atom is -0.468 e. The summed E-state index contributed by atoms with van der Waals surface area (Å²) in [5, 5.41) is 1.92.